The van der Waals surface area contributed by atoms with Gasteiger partial charge in [-0.2, -0.15) is 0 Å². The average Bonchev–Trinajstić information content (AvgIpc) is 3.26. The second-order valence-corrected chi connectivity index (χ2v) is 13.4. The molecule has 0 amide bonds. The normalized spacial score (nSPS) is 11.0. The van der Waals surface area contributed by atoms with Crippen molar-refractivity contribution >= 4 is 44.9 Å². The van der Waals surface area contributed by atoms with Crippen LogP contribution < -0.4 is 9.80 Å². The number of rotatable bonds is 9. The van der Waals surface area contributed by atoms with Gasteiger partial charge >= 0.3 is 0 Å². The summed E-state index contributed by atoms with van der Waals surface area (Å²) in [6, 6.07) is 82.4. The van der Waals surface area contributed by atoms with Crippen molar-refractivity contribution in [3.63, 3.8) is 0 Å². The van der Waals surface area contributed by atoms with Crippen molar-refractivity contribution < 1.29 is 0 Å². The van der Waals surface area contributed by atoms with Gasteiger partial charge in [-0.25, -0.2) is 0 Å². The monoisotopic (exact) mass is 690 g/mol. The van der Waals surface area contributed by atoms with Gasteiger partial charge in [-0.05, 0) is 105 Å². The van der Waals surface area contributed by atoms with Gasteiger partial charge in [-0.1, -0.05) is 164 Å². The number of benzene rings is 9. The molecule has 0 aliphatic heterocycles. The van der Waals surface area contributed by atoms with Crippen LogP contribution >= 0.6 is 0 Å². The number of fused-ring (bicyclic) bond motifs is 1. The van der Waals surface area contributed by atoms with Crippen LogP contribution in [0.3, 0.4) is 0 Å². The van der Waals surface area contributed by atoms with Gasteiger partial charge in [0.2, 0.25) is 0 Å². The van der Waals surface area contributed by atoms with Gasteiger partial charge < -0.3 is 9.80 Å². The van der Waals surface area contributed by atoms with Crippen LogP contribution in [-0.2, 0) is 0 Å². The highest BCUT2D eigenvalue weighted by atomic mass is 15.1. The Kier molecular flexibility index (Phi) is 8.99. The highest BCUT2D eigenvalue weighted by Gasteiger charge is 2.17. The van der Waals surface area contributed by atoms with Gasteiger partial charge in [0, 0.05) is 33.8 Å². The topological polar surface area (TPSA) is 6.48 Å². The Labute approximate surface area is 317 Å². The summed E-state index contributed by atoms with van der Waals surface area (Å²) in [5, 5.41) is 2.43. The highest BCUT2D eigenvalue weighted by molar-refractivity contribution is 5.99. The molecule has 2 nitrogen and oxygen atoms in total. The van der Waals surface area contributed by atoms with E-state index in [-0.39, 0.29) is 0 Å². The molecule has 0 aromatic heterocycles. The quantitative estimate of drug-likeness (QED) is 0.149. The first-order valence-corrected chi connectivity index (χ1v) is 18.4. The molecule has 0 atom stereocenters. The van der Waals surface area contributed by atoms with E-state index in [4.69, 9.17) is 0 Å². The molecule has 0 fully saturated rings. The predicted molar refractivity (Wildman–Crippen MR) is 230 cm³/mol. The van der Waals surface area contributed by atoms with E-state index in [0.717, 1.165) is 34.1 Å². The van der Waals surface area contributed by atoms with Crippen molar-refractivity contribution in [1.29, 1.82) is 0 Å². The number of anilines is 6. The first kappa shape index (κ1) is 32.7. The minimum Gasteiger partial charge on any atom is -0.311 e. The molecule has 2 heteroatoms. The van der Waals surface area contributed by atoms with Crippen LogP contribution in [-0.4, -0.2) is 0 Å². The molecule has 9 aromatic rings. The lowest BCUT2D eigenvalue weighted by molar-refractivity contribution is 1.28. The zero-order chi connectivity index (χ0) is 36.1. The molecule has 9 aromatic carbocycles. The van der Waals surface area contributed by atoms with Crippen LogP contribution in [0.15, 0.2) is 231 Å². The van der Waals surface area contributed by atoms with Crippen LogP contribution in [0, 0.1) is 0 Å². The highest BCUT2D eigenvalue weighted by Crippen LogP contribution is 2.41. The molecular formula is C52H38N2. The summed E-state index contributed by atoms with van der Waals surface area (Å²) in [4.78, 5) is 4.68. The van der Waals surface area contributed by atoms with Gasteiger partial charge in [0.25, 0.3) is 0 Å². The maximum atomic E-state index is 2.37. The van der Waals surface area contributed by atoms with E-state index in [1.807, 2.05) is 0 Å². The lowest BCUT2D eigenvalue weighted by Gasteiger charge is -2.27. The number of nitrogens with zero attached hydrogens (tertiary/aromatic N) is 2. The molecule has 0 saturated carbocycles. The van der Waals surface area contributed by atoms with E-state index in [1.54, 1.807) is 0 Å². The van der Waals surface area contributed by atoms with Crippen molar-refractivity contribution in [2.24, 2.45) is 0 Å². The van der Waals surface area contributed by atoms with Crippen LogP contribution in [0.4, 0.5) is 34.1 Å². The molecule has 256 valence electrons. The minimum absolute atomic E-state index is 1.10. The van der Waals surface area contributed by atoms with Crippen molar-refractivity contribution in [2.45, 2.75) is 0 Å². The molecule has 0 heterocycles. The van der Waals surface area contributed by atoms with Crippen molar-refractivity contribution in [1.82, 2.24) is 0 Å². The van der Waals surface area contributed by atoms with Crippen LogP contribution in [0.25, 0.3) is 44.2 Å². The number of hydrogen-bond acceptors (Lipinski definition) is 2. The van der Waals surface area contributed by atoms with Crippen LogP contribution in [0.2, 0.25) is 0 Å². The summed E-state index contributed by atoms with van der Waals surface area (Å²) < 4.78 is 0. The molecule has 54 heavy (non-hydrogen) atoms. The summed E-state index contributed by atoms with van der Waals surface area (Å²) in [6.07, 6.45) is 0. The number of hydrogen-bond donors (Lipinski definition) is 0. The Balaban J connectivity index is 1.04. The summed E-state index contributed by atoms with van der Waals surface area (Å²) in [6.45, 7) is 0. The summed E-state index contributed by atoms with van der Waals surface area (Å²) in [7, 11) is 0. The van der Waals surface area contributed by atoms with E-state index in [9.17, 15) is 0 Å². The Hall–Kier alpha value is -7.16. The maximum Gasteiger partial charge on any atom is 0.0540 e. The Bertz CT molecular complexity index is 2590. The molecule has 0 N–H and O–H groups in total. The first-order valence-electron chi connectivity index (χ1n) is 18.4. The molecule has 0 radical (unpaired) electrons. The second-order valence-electron chi connectivity index (χ2n) is 13.4. The number of para-hydroxylation sites is 1. The molecule has 0 unspecified atom stereocenters. The molecule has 0 saturated heterocycles. The zero-order valence-corrected chi connectivity index (χ0v) is 29.8. The third kappa shape index (κ3) is 6.65. The zero-order valence-electron chi connectivity index (χ0n) is 29.8. The first-order chi connectivity index (χ1) is 26.8. The molecule has 9 rings (SSSR count). The molecular weight excluding hydrogens is 653 g/mol. The van der Waals surface area contributed by atoms with Gasteiger partial charge in [-0.15, -0.1) is 0 Å². The van der Waals surface area contributed by atoms with Crippen molar-refractivity contribution in [3.8, 4) is 33.4 Å². The molecule has 0 bridgehead atoms. The SMILES string of the molecule is c1ccc(-c2ccc(N(c3ccccc3)c3ccc(-c4ccc(N(c5ccc(-c6ccccc6)cc5)c5cccc6ccccc56)cc4)cc3)cc2)cc1. The van der Waals surface area contributed by atoms with Crippen molar-refractivity contribution in [3.05, 3.63) is 231 Å². The third-order valence-electron chi connectivity index (χ3n) is 10.1. The fraction of sp³-hybridized carbons (Fsp3) is 0. The van der Waals surface area contributed by atoms with E-state index in [1.165, 1.54) is 44.2 Å². The largest absolute Gasteiger partial charge is 0.311 e. The maximum absolute atomic E-state index is 2.37. The van der Waals surface area contributed by atoms with Crippen LogP contribution in [0.1, 0.15) is 0 Å². The Morgan fingerprint density at radius 2 is 0.519 bits per heavy atom. The molecule has 0 aliphatic rings. The van der Waals surface area contributed by atoms with Gasteiger partial charge in [0.1, 0.15) is 0 Å². The Morgan fingerprint density at radius 1 is 0.204 bits per heavy atom. The van der Waals surface area contributed by atoms with Gasteiger partial charge in [0.15, 0.2) is 0 Å². The molecule has 0 spiro atoms. The fourth-order valence-corrected chi connectivity index (χ4v) is 7.33. The standard InChI is InChI=1S/C52H38N2/c1-4-13-39(14-5-1)41-23-31-47(32-24-41)53(46-19-8-3-9-20-46)48-33-25-43(26-34-48)44-29-37-50(38-30-44)54(52-22-12-18-45-17-10-11-21-51(45)52)49-35-27-42(28-36-49)40-15-6-2-7-16-40/h1-38H. The minimum atomic E-state index is 1.10. The van der Waals surface area contributed by atoms with E-state index < -0.39 is 0 Å². The third-order valence-corrected chi connectivity index (χ3v) is 10.1. The van der Waals surface area contributed by atoms with Crippen molar-refractivity contribution in [2.75, 3.05) is 9.80 Å². The van der Waals surface area contributed by atoms with E-state index in [0.29, 0.717) is 0 Å². The fourth-order valence-electron chi connectivity index (χ4n) is 7.33. The lowest BCUT2D eigenvalue weighted by atomic mass is 10.0. The smallest absolute Gasteiger partial charge is 0.0540 e. The second kappa shape index (κ2) is 14.8. The van der Waals surface area contributed by atoms with E-state index in [2.05, 4.69) is 240 Å². The lowest BCUT2D eigenvalue weighted by Crippen LogP contribution is -2.10. The molecule has 0 aliphatic carbocycles. The van der Waals surface area contributed by atoms with Crippen LogP contribution in [0.5, 0.6) is 0 Å². The summed E-state index contributed by atoms with van der Waals surface area (Å²) >= 11 is 0. The average molecular weight is 691 g/mol. The Morgan fingerprint density at radius 3 is 0.963 bits per heavy atom. The summed E-state index contributed by atoms with van der Waals surface area (Å²) in [5.74, 6) is 0. The van der Waals surface area contributed by atoms with E-state index >= 15 is 0 Å². The predicted octanol–water partition coefficient (Wildman–Crippen LogP) is 14.8. The summed E-state index contributed by atoms with van der Waals surface area (Å²) in [5.41, 5.74) is 13.9. The van der Waals surface area contributed by atoms with Gasteiger partial charge in [0.05, 0.1) is 5.69 Å². The van der Waals surface area contributed by atoms with Gasteiger partial charge in [-0.3, -0.25) is 0 Å².